The number of nitrogens with one attached hydrogen (secondary N) is 1. The van der Waals surface area contributed by atoms with Crippen molar-refractivity contribution in [2.45, 2.75) is 13.0 Å². The minimum absolute atomic E-state index is 0.387. The number of anilines is 1. The Kier molecular flexibility index (Phi) is 3.25. The van der Waals surface area contributed by atoms with Crippen LogP contribution in [0.4, 0.5) is 5.82 Å². The Morgan fingerprint density at radius 3 is 3.00 bits per heavy atom. The van der Waals surface area contributed by atoms with E-state index in [1.807, 2.05) is 0 Å². The van der Waals surface area contributed by atoms with Crippen molar-refractivity contribution in [3.05, 3.63) is 17.5 Å². The number of halogens is 1. The number of nitrogens with zero attached hydrogens (tertiary/aromatic N) is 2. The second-order valence-electron chi connectivity index (χ2n) is 2.46. The molecule has 0 amide bonds. The van der Waals surface area contributed by atoms with E-state index in [2.05, 4.69) is 15.3 Å². The Labute approximate surface area is 75.6 Å². The smallest absolute Gasteiger partial charge is 0.134 e. The summed E-state index contributed by atoms with van der Waals surface area (Å²) in [6, 6.07) is 1.60. The van der Waals surface area contributed by atoms with Crippen molar-refractivity contribution in [1.82, 2.24) is 9.97 Å². The zero-order valence-electron chi connectivity index (χ0n) is 6.66. The summed E-state index contributed by atoms with van der Waals surface area (Å²) in [5.41, 5.74) is 0. The maximum Gasteiger partial charge on any atom is 0.134 e. The minimum Gasteiger partial charge on any atom is -0.392 e. The molecule has 1 aromatic rings. The molecule has 0 saturated carbocycles. The topological polar surface area (TPSA) is 58.0 Å². The molecule has 2 N–H and O–H groups in total. The molecule has 12 heavy (non-hydrogen) atoms. The van der Waals surface area contributed by atoms with Crippen molar-refractivity contribution in [1.29, 1.82) is 0 Å². The van der Waals surface area contributed by atoms with Gasteiger partial charge in [-0.25, -0.2) is 9.97 Å². The summed E-state index contributed by atoms with van der Waals surface area (Å²) in [5.74, 6) is 0.621. The van der Waals surface area contributed by atoms with E-state index in [1.165, 1.54) is 6.33 Å². The Hall–Kier alpha value is -0.870. The normalized spacial score (nSPS) is 12.6. The molecule has 0 spiro atoms. The van der Waals surface area contributed by atoms with Crippen molar-refractivity contribution < 1.29 is 5.11 Å². The maximum atomic E-state index is 8.94. The molecule has 1 heterocycles. The lowest BCUT2D eigenvalue weighted by Gasteiger charge is -2.06. The second kappa shape index (κ2) is 4.23. The molecule has 4 nitrogen and oxygen atoms in total. The molecule has 0 fully saturated rings. The number of aromatic nitrogens is 2. The molecule has 0 aliphatic carbocycles. The molecule has 0 radical (unpaired) electrons. The van der Waals surface area contributed by atoms with Gasteiger partial charge in [0.1, 0.15) is 17.3 Å². The third-order valence-electron chi connectivity index (χ3n) is 1.21. The zero-order valence-corrected chi connectivity index (χ0v) is 7.41. The van der Waals surface area contributed by atoms with Crippen LogP contribution in [0, 0.1) is 0 Å². The quantitative estimate of drug-likeness (QED) is 0.691. The largest absolute Gasteiger partial charge is 0.392 e. The van der Waals surface area contributed by atoms with Crippen LogP contribution in [0.15, 0.2) is 12.4 Å². The van der Waals surface area contributed by atoms with Gasteiger partial charge in [-0.15, -0.1) is 0 Å². The molecule has 0 bridgehead atoms. The van der Waals surface area contributed by atoms with Gasteiger partial charge in [-0.3, -0.25) is 0 Å². The van der Waals surface area contributed by atoms with E-state index >= 15 is 0 Å². The monoisotopic (exact) mass is 187 g/mol. The zero-order chi connectivity index (χ0) is 8.97. The number of rotatable bonds is 3. The highest BCUT2D eigenvalue weighted by molar-refractivity contribution is 6.29. The third kappa shape index (κ3) is 3.02. The number of hydrogen-bond acceptors (Lipinski definition) is 4. The summed E-state index contributed by atoms with van der Waals surface area (Å²) in [7, 11) is 0. The highest BCUT2D eigenvalue weighted by atomic mass is 35.5. The summed E-state index contributed by atoms with van der Waals surface area (Å²) in [6.07, 6.45) is 0.964. The van der Waals surface area contributed by atoms with Gasteiger partial charge in [-0.05, 0) is 6.92 Å². The van der Waals surface area contributed by atoms with Crippen LogP contribution in [0.3, 0.4) is 0 Å². The van der Waals surface area contributed by atoms with Gasteiger partial charge in [0.05, 0.1) is 6.10 Å². The van der Waals surface area contributed by atoms with Gasteiger partial charge in [-0.1, -0.05) is 11.6 Å². The van der Waals surface area contributed by atoms with E-state index in [9.17, 15) is 0 Å². The first-order valence-electron chi connectivity index (χ1n) is 3.58. The third-order valence-corrected chi connectivity index (χ3v) is 1.42. The first-order chi connectivity index (χ1) is 5.68. The highest BCUT2D eigenvalue weighted by Crippen LogP contribution is 2.07. The number of hydrogen-bond donors (Lipinski definition) is 2. The Bertz CT molecular complexity index is 254. The lowest BCUT2D eigenvalue weighted by Crippen LogP contribution is -2.15. The van der Waals surface area contributed by atoms with Crippen LogP contribution < -0.4 is 5.32 Å². The molecule has 1 rings (SSSR count). The second-order valence-corrected chi connectivity index (χ2v) is 2.84. The van der Waals surface area contributed by atoms with Crippen molar-refractivity contribution in [2.75, 3.05) is 11.9 Å². The fourth-order valence-corrected chi connectivity index (χ4v) is 0.830. The van der Waals surface area contributed by atoms with E-state index < -0.39 is 6.10 Å². The molecule has 1 atom stereocenters. The van der Waals surface area contributed by atoms with Gasteiger partial charge in [0.25, 0.3) is 0 Å². The van der Waals surface area contributed by atoms with Gasteiger partial charge < -0.3 is 10.4 Å². The first-order valence-corrected chi connectivity index (χ1v) is 3.96. The Balaban J connectivity index is 2.52. The number of aliphatic hydroxyl groups is 1. The lowest BCUT2D eigenvalue weighted by molar-refractivity contribution is 0.208. The van der Waals surface area contributed by atoms with Crippen LogP contribution in [-0.4, -0.2) is 27.7 Å². The van der Waals surface area contributed by atoms with Crippen LogP contribution in [0.25, 0.3) is 0 Å². The average Bonchev–Trinajstić information content (AvgIpc) is 2.01. The van der Waals surface area contributed by atoms with Gasteiger partial charge in [-0.2, -0.15) is 0 Å². The fourth-order valence-electron chi connectivity index (χ4n) is 0.683. The molecule has 5 heteroatoms. The van der Waals surface area contributed by atoms with E-state index in [0.717, 1.165) is 0 Å². The van der Waals surface area contributed by atoms with Gasteiger partial charge in [0.2, 0.25) is 0 Å². The molecule has 0 aliphatic heterocycles. The molecular weight excluding hydrogens is 178 g/mol. The van der Waals surface area contributed by atoms with E-state index in [0.29, 0.717) is 17.5 Å². The predicted octanol–water partition coefficient (Wildman–Crippen LogP) is 0.923. The average molecular weight is 188 g/mol. The SMILES string of the molecule is C[C@@H](O)CNc1cc(Cl)ncn1. The summed E-state index contributed by atoms with van der Waals surface area (Å²) in [5, 5.41) is 12.2. The van der Waals surface area contributed by atoms with Crippen molar-refractivity contribution >= 4 is 17.4 Å². The molecule has 66 valence electrons. The standard InChI is InChI=1S/C7H10ClN3O/c1-5(12)3-9-7-2-6(8)10-4-11-7/h2,4-5,12H,3H2,1H3,(H,9,10,11)/t5-/m1/s1. The highest BCUT2D eigenvalue weighted by Gasteiger charge is 1.97. The Morgan fingerprint density at radius 2 is 2.42 bits per heavy atom. The van der Waals surface area contributed by atoms with Crippen molar-refractivity contribution in [2.24, 2.45) is 0 Å². The van der Waals surface area contributed by atoms with E-state index in [1.54, 1.807) is 13.0 Å². The first kappa shape index (κ1) is 9.22. The summed E-state index contributed by atoms with van der Waals surface area (Å²) in [4.78, 5) is 7.61. The predicted molar refractivity (Wildman–Crippen MR) is 47.2 cm³/mol. The molecule has 1 aromatic heterocycles. The summed E-state index contributed by atoms with van der Waals surface area (Å²) in [6.45, 7) is 2.14. The Morgan fingerprint density at radius 1 is 1.67 bits per heavy atom. The molecule has 0 saturated heterocycles. The van der Waals surface area contributed by atoms with Crippen LogP contribution in [0.2, 0.25) is 5.15 Å². The fraction of sp³-hybridized carbons (Fsp3) is 0.429. The molecule has 0 aliphatic rings. The van der Waals surface area contributed by atoms with Crippen LogP contribution >= 0.6 is 11.6 Å². The van der Waals surface area contributed by atoms with Gasteiger partial charge in [0.15, 0.2) is 0 Å². The van der Waals surface area contributed by atoms with Gasteiger partial charge in [0, 0.05) is 12.6 Å². The lowest BCUT2D eigenvalue weighted by atomic mass is 10.4. The van der Waals surface area contributed by atoms with Crippen molar-refractivity contribution in [3.63, 3.8) is 0 Å². The van der Waals surface area contributed by atoms with Crippen LogP contribution in [-0.2, 0) is 0 Å². The van der Waals surface area contributed by atoms with Gasteiger partial charge >= 0.3 is 0 Å². The molecule has 0 unspecified atom stereocenters. The summed E-state index contributed by atoms with van der Waals surface area (Å²) >= 11 is 5.61. The summed E-state index contributed by atoms with van der Waals surface area (Å²) < 4.78 is 0. The maximum absolute atomic E-state index is 8.94. The number of aliphatic hydroxyl groups excluding tert-OH is 1. The molecule has 0 aromatic carbocycles. The van der Waals surface area contributed by atoms with E-state index in [-0.39, 0.29) is 0 Å². The minimum atomic E-state index is -0.404. The van der Waals surface area contributed by atoms with Crippen molar-refractivity contribution in [3.8, 4) is 0 Å². The van der Waals surface area contributed by atoms with Crippen LogP contribution in [0.1, 0.15) is 6.92 Å². The van der Waals surface area contributed by atoms with E-state index in [4.69, 9.17) is 16.7 Å². The molecular formula is C7H10ClN3O. The van der Waals surface area contributed by atoms with Crippen LogP contribution in [0.5, 0.6) is 0 Å².